The largest absolute Gasteiger partial charge is 0.494 e. The van der Waals surface area contributed by atoms with Gasteiger partial charge in [-0.05, 0) is 71.6 Å². The number of benzene rings is 2. The van der Waals surface area contributed by atoms with Crippen molar-refractivity contribution >= 4 is 12.1 Å². The number of alkyl carbamates (subject to hydrolysis) is 1. The first-order chi connectivity index (χ1) is 20.4. The lowest BCUT2D eigenvalue weighted by Gasteiger charge is -2.24. The van der Waals surface area contributed by atoms with Gasteiger partial charge in [-0.3, -0.25) is 0 Å². The molecule has 1 fully saturated rings. The number of carbonyl (C=O) groups excluding carboxylic acids is 2. The zero-order valence-corrected chi connectivity index (χ0v) is 24.8. The van der Waals surface area contributed by atoms with Crippen LogP contribution in [-0.2, 0) is 11.2 Å². The Morgan fingerprint density at radius 1 is 1.07 bits per heavy atom. The SMILES string of the molecule is CCOc1ccccc1Cc1nc(C(=O)Oc2ccc([C@H](C)NC(=O)OC(C)(C)C)c(OC(F)F)c2OCC2CC2)co1. The van der Waals surface area contributed by atoms with Crippen LogP contribution >= 0.6 is 0 Å². The smallest absolute Gasteiger partial charge is 0.408 e. The summed E-state index contributed by atoms with van der Waals surface area (Å²) in [7, 11) is 0. The van der Waals surface area contributed by atoms with Gasteiger partial charge in [-0.1, -0.05) is 18.2 Å². The first-order valence-corrected chi connectivity index (χ1v) is 14.0. The Kier molecular flexibility index (Phi) is 10.1. The second kappa shape index (κ2) is 13.7. The molecule has 1 saturated carbocycles. The van der Waals surface area contributed by atoms with Crippen LogP contribution in [0.25, 0.3) is 0 Å². The van der Waals surface area contributed by atoms with Crippen molar-refractivity contribution < 1.29 is 46.5 Å². The summed E-state index contributed by atoms with van der Waals surface area (Å²) < 4.78 is 60.0. The number of hydrogen-bond donors (Lipinski definition) is 1. The molecule has 0 radical (unpaired) electrons. The molecule has 1 aromatic heterocycles. The summed E-state index contributed by atoms with van der Waals surface area (Å²) in [6, 6.07) is 9.36. The quantitative estimate of drug-likeness (QED) is 0.165. The van der Waals surface area contributed by atoms with E-state index in [9.17, 15) is 18.4 Å². The molecule has 3 aromatic rings. The number of nitrogens with zero attached hydrogens (tertiary/aromatic N) is 1. The van der Waals surface area contributed by atoms with Crippen molar-refractivity contribution in [3.05, 3.63) is 65.4 Å². The van der Waals surface area contributed by atoms with E-state index in [4.69, 9.17) is 28.1 Å². The van der Waals surface area contributed by atoms with Gasteiger partial charge >= 0.3 is 18.7 Å². The summed E-state index contributed by atoms with van der Waals surface area (Å²) >= 11 is 0. The van der Waals surface area contributed by atoms with Crippen LogP contribution in [0.2, 0.25) is 0 Å². The lowest BCUT2D eigenvalue weighted by Crippen LogP contribution is -2.34. The van der Waals surface area contributed by atoms with Crippen LogP contribution in [0.1, 0.15) is 81.0 Å². The highest BCUT2D eigenvalue weighted by Crippen LogP contribution is 2.45. The summed E-state index contributed by atoms with van der Waals surface area (Å²) in [6.45, 7) is 6.02. The van der Waals surface area contributed by atoms with E-state index >= 15 is 0 Å². The fourth-order valence-corrected chi connectivity index (χ4v) is 4.12. The molecule has 0 aliphatic heterocycles. The van der Waals surface area contributed by atoms with Crippen molar-refractivity contribution in [3.63, 3.8) is 0 Å². The lowest BCUT2D eigenvalue weighted by atomic mass is 10.1. The summed E-state index contributed by atoms with van der Waals surface area (Å²) in [5.41, 5.74) is 0.0994. The second-order valence-electron chi connectivity index (χ2n) is 11.0. The van der Waals surface area contributed by atoms with Crippen LogP contribution in [0.5, 0.6) is 23.0 Å². The Hall–Kier alpha value is -4.35. The van der Waals surface area contributed by atoms with Crippen molar-refractivity contribution in [3.8, 4) is 23.0 Å². The minimum atomic E-state index is -3.22. The van der Waals surface area contributed by atoms with Gasteiger partial charge in [0.1, 0.15) is 17.6 Å². The molecule has 0 saturated heterocycles. The molecule has 1 aliphatic carbocycles. The molecule has 1 heterocycles. The molecule has 0 unspecified atom stereocenters. The van der Waals surface area contributed by atoms with Crippen LogP contribution in [0.3, 0.4) is 0 Å². The molecule has 1 N–H and O–H groups in total. The van der Waals surface area contributed by atoms with E-state index in [1.165, 1.54) is 12.1 Å². The molecule has 4 rings (SSSR count). The van der Waals surface area contributed by atoms with Crippen molar-refractivity contribution in [2.75, 3.05) is 13.2 Å². The van der Waals surface area contributed by atoms with Crippen molar-refractivity contribution in [1.29, 1.82) is 0 Å². The minimum Gasteiger partial charge on any atom is -0.494 e. The van der Waals surface area contributed by atoms with E-state index in [1.807, 2.05) is 31.2 Å². The van der Waals surface area contributed by atoms with E-state index in [1.54, 1.807) is 27.7 Å². The molecule has 12 heteroatoms. The van der Waals surface area contributed by atoms with Gasteiger partial charge in [0.15, 0.2) is 23.1 Å². The highest BCUT2D eigenvalue weighted by atomic mass is 19.3. The molecular weight excluding hydrogens is 566 g/mol. The average Bonchev–Trinajstić information content (AvgIpc) is 3.63. The number of rotatable bonds is 13. The lowest BCUT2D eigenvalue weighted by molar-refractivity contribution is -0.0525. The minimum absolute atomic E-state index is 0.127. The first-order valence-electron chi connectivity index (χ1n) is 14.0. The third kappa shape index (κ3) is 9.07. The molecule has 1 amide bonds. The van der Waals surface area contributed by atoms with E-state index in [0.717, 1.165) is 24.7 Å². The molecule has 1 aliphatic rings. The predicted octanol–water partition coefficient (Wildman–Crippen LogP) is 6.86. The Morgan fingerprint density at radius 3 is 2.49 bits per heavy atom. The van der Waals surface area contributed by atoms with Crippen molar-refractivity contribution in [2.45, 2.75) is 72.1 Å². The number of oxazole rings is 1. The number of carbonyl (C=O) groups is 2. The van der Waals surface area contributed by atoms with E-state index in [-0.39, 0.29) is 53.3 Å². The maximum Gasteiger partial charge on any atom is 0.408 e. The maximum atomic E-state index is 13.6. The molecule has 0 spiro atoms. The number of ether oxygens (including phenoxy) is 5. The molecule has 232 valence electrons. The summed E-state index contributed by atoms with van der Waals surface area (Å²) in [5, 5.41) is 2.61. The fraction of sp³-hybridized carbons (Fsp3) is 0.452. The zero-order valence-electron chi connectivity index (χ0n) is 24.8. The maximum absolute atomic E-state index is 13.6. The Bertz CT molecular complexity index is 1420. The Morgan fingerprint density at radius 2 is 1.81 bits per heavy atom. The molecular formula is C31H36F2N2O8. The molecule has 1 atom stereocenters. The number of nitrogens with one attached hydrogen (secondary N) is 1. The van der Waals surface area contributed by atoms with Gasteiger partial charge in [-0.2, -0.15) is 8.78 Å². The highest BCUT2D eigenvalue weighted by molar-refractivity contribution is 5.89. The molecule has 0 bridgehead atoms. The monoisotopic (exact) mass is 602 g/mol. The van der Waals surface area contributed by atoms with Gasteiger partial charge in [0, 0.05) is 11.1 Å². The van der Waals surface area contributed by atoms with Crippen LogP contribution in [0, 0.1) is 5.92 Å². The van der Waals surface area contributed by atoms with Crippen LogP contribution < -0.4 is 24.3 Å². The predicted molar refractivity (Wildman–Crippen MR) is 151 cm³/mol. The molecule has 10 nitrogen and oxygen atoms in total. The van der Waals surface area contributed by atoms with Crippen LogP contribution in [0.4, 0.5) is 13.6 Å². The topological polar surface area (TPSA) is 118 Å². The van der Waals surface area contributed by atoms with E-state index in [2.05, 4.69) is 10.3 Å². The van der Waals surface area contributed by atoms with Crippen molar-refractivity contribution in [2.24, 2.45) is 5.92 Å². The first kappa shape index (κ1) is 31.6. The molecule has 43 heavy (non-hydrogen) atoms. The fourth-order valence-electron chi connectivity index (χ4n) is 4.12. The third-order valence-electron chi connectivity index (χ3n) is 6.25. The Labute approximate surface area is 248 Å². The zero-order chi connectivity index (χ0) is 31.1. The summed E-state index contributed by atoms with van der Waals surface area (Å²) in [4.78, 5) is 29.7. The normalized spacial score (nSPS) is 13.8. The summed E-state index contributed by atoms with van der Waals surface area (Å²) in [5.74, 6) is -0.430. The number of alkyl halides is 2. The Balaban J connectivity index is 1.58. The number of para-hydroxylation sites is 1. The van der Waals surface area contributed by atoms with Crippen molar-refractivity contribution in [1.82, 2.24) is 10.3 Å². The average molecular weight is 603 g/mol. The molecule has 2 aromatic carbocycles. The van der Waals surface area contributed by atoms with Gasteiger partial charge in [-0.25, -0.2) is 14.6 Å². The van der Waals surface area contributed by atoms with E-state index in [0.29, 0.717) is 12.4 Å². The number of halogens is 2. The van der Waals surface area contributed by atoms with Gasteiger partial charge in [0.25, 0.3) is 0 Å². The van der Waals surface area contributed by atoms with Gasteiger partial charge in [0.2, 0.25) is 5.75 Å². The number of amides is 1. The third-order valence-corrected chi connectivity index (χ3v) is 6.25. The van der Waals surface area contributed by atoms with Gasteiger partial charge in [-0.15, -0.1) is 0 Å². The van der Waals surface area contributed by atoms with Crippen LogP contribution in [0.15, 0.2) is 47.1 Å². The number of esters is 1. The summed E-state index contributed by atoms with van der Waals surface area (Å²) in [6.07, 6.45) is 2.52. The van der Waals surface area contributed by atoms with Gasteiger partial charge in [0.05, 0.1) is 25.7 Å². The second-order valence-corrected chi connectivity index (χ2v) is 11.0. The van der Waals surface area contributed by atoms with Gasteiger partial charge < -0.3 is 33.4 Å². The highest BCUT2D eigenvalue weighted by Gasteiger charge is 2.30. The van der Waals surface area contributed by atoms with E-state index < -0.39 is 30.3 Å². The standard InChI is InChI=1S/C31H36F2N2O8/c1-6-38-23-10-8-7-9-20(23)15-25-35-22(17-39-25)28(36)41-24-14-13-21(18(2)34-30(37)43-31(3,4)5)26(42-29(32)33)27(24)40-16-19-11-12-19/h7-10,13-14,17-19,29H,6,11-12,15-16H2,1-5H3,(H,34,37)/t18-/m0/s1. The number of aromatic nitrogens is 1. The van der Waals surface area contributed by atoms with Crippen LogP contribution in [-0.4, -0.2) is 42.5 Å². The number of hydrogen-bond acceptors (Lipinski definition) is 9.